The summed E-state index contributed by atoms with van der Waals surface area (Å²) in [5.74, 6) is -0.386. The number of ether oxygens (including phenoxy) is 2. The van der Waals surface area contributed by atoms with Crippen LogP contribution in [0.15, 0.2) is 85.1 Å². The summed E-state index contributed by atoms with van der Waals surface area (Å²) < 4.78 is 9.93. The highest BCUT2D eigenvalue weighted by molar-refractivity contribution is 5.99. The minimum atomic E-state index is -0.669. The lowest BCUT2D eigenvalue weighted by atomic mass is 9.98. The topological polar surface area (TPSA) is 147 Å². The number of hydrogen-bond donors (Lipinski definition) is 3. The SMILES string of the molecule is COC(=O)CCNC(=O)CNC(=O)CCCN(C(=O)OC(C)(C)C)c1cc(C)ccn1.Oc1ccc(-c2ccccc2)c2ccccc12. The number of phenols is 1. The fourth-order valence-corrected chi connectivity index (χ4v) is 4.57. The molecule has 0 atom stereocenters. The average molecular weight is 657 g/mol. The summed E-state index contributed by atoms with van der Waals surface area (Å²) in [5.41, 5.74) is 2.59. The molecule has 11 nitrogen and oxygen atoms in total. The fraction of sp³-hybridized carbons (Fsp3) is 0.324. The summed E-state index contributed by atoms with van der Waals surface area (Å²) in [6.07, 6.45) is 1.58. The lowest BCUT2D eigenvalue weighted by Gasteiger charge is -2.27. The van der Waals surface area contributed by atoms with Gasteiger partial charge in [-0.25, -0.2) is 9.78 Å². The molecule has 4 aromatic rings. The predicted molar refractivity (Wildman–Crippen MR) is 185 cm³/mol. The quantitative estimate of drug-likeness (QED) is 0.169. The van der Waals surface area contributed by atoms with Crippen molar-refractivity contribution in [1.29, 1.82) is 0 Å². The minimum absolute atomic E-state index is 0.0592. The maximum Gasteiger partial charge on any atom is 0.416 e. The molecule has 0 spiro atoms. The first-order chi connectivity index (χ1) is 22.9. The van der Waals surface area contributed by atoms with Gasteiger partial charge in [0, 0.05) is 31.1 Å². The van der Waals surface area contributed by atoms with Gasteiger partial charge in [-0.2, -0.15) is 0 Å². The summed E-state index contributed by atoms with van der Waals surface area (Å²) in [6, 6.07) is 25.4. The molecule has 0 aliphatic heterocycles. The van der Waals surface area contributed by atoms with Crippen LogP contribution in [0, 0.1) is 6.92 Å². The number of aromatic nitrogens is 1. The van der Waals surface area contributed by atoms with Crippen molar-refractivity contribution in [3.8, 4) is 16.9 Å². The zero-order chi connectivity index (χ0) is 35.1. The van der Waals surface area contributed by atoms with Gasteiger partial charge in [0.25, 0.3) is 0 Å². The van der Waals surface area contributed by atoms with E-state index in [1.807, 2.05) is 61.5 Å². The number of hydrogen-bond acceptors (Lipinski definition) is 8. The molecule has 3 aromatic carbocycles. The standard InChI is InChI=1S/C21H32N4O6.C16H12O/c1-15-8-10-22-16(13-15)25(20(29)31-21(2,3)4)12-6-7-17(26)24-14-18(27)23-11-9-19(28)30-5;17-16-11-10-13(12-6-2-1-3-7-12)14-8-4-5-9-15(14)16/h8,10,13H,6-7,9,11-12,14H2,1-5H3,(H,23,27)(H,24,26);1-11,17H. The minimum Gasteiger partial charge on any atom is -0.507 e. The first-order valence-corrected chi connectivity index (χ1v) is 15.7. The maximum absolute atomic E-state index is 12.6. The number of rotatable bonds is 11. The smallest absolute Gasteiger partial charge is 0.416 e. The molecule has 0 aliphatic rings. The number of nitrogens with one attached hydrogen (secondary N) is 2. The van der Waals surface area contributed by atoms with Crippen LogP contribution in [-0.4, -0.2) is 66.3 Å². The Bertz CT molecular complexity index is 1690. The van der Waals surface area contributed by atoms with Gasteiger partial charge in [-0.05, 0) is 74.4 Å². The molecule has 48 heavy (non-hydrogen) atoms. The number of phenolic OH excluding ortho intramolecular Hbond substituents is 1. The van der Waals surface area contributed by atoms with Gasteiger partial charge in [0.1, 0.15) is 17.2 Å². The van der Waals surface area contributed by atoms with E-state index in [9.17, 15) is 24.3 Å². The number of aromatic hydroxyl groups is 1. The number of amides is 3. The third-order valence-electron chi connectivity index (χ3n) is 6.89. The summed E-state index contributed by atoms with van der Waals surface area (Å²) in [4.78, 5) is 52.9. The van der Waals surface area contributed by atoms with Crippen molar-refractivity contribution in [2.24, 2.45) is 0 Å². The molecule has 254 valence electrons. The number of nitrogens with zero attached hydrogens (tertiary/aromatic N) is 2. The Kier molecular flexibility index (Phi) is 13.9. The Labute approximate surface area is 281 Å². The van der Waals surface area contributed by atoms with Gasteiger partial charge in [-0.1, -0.05) is 60.7 Å². The molecule has 0 aliphatic carbocycles. The van der Waals surface area contributed by atoms with Gasteiger partial charge in [0.05, 0.1) is 20.1 Å². The van der Waals surface area contributed by atoms with Gasteiger partial charge in [-0.15, -0.1) is 0 Å². The Morgan fingerprint density at radius 2 is 1.54 bits per heavy atom. The summed E-state index contributed by atoms with van der Waals surface area (Å²) >= 11 is 0. The van der Waals surface area contributed by atoms with Crippen LogP contribution in [0.5, 0.6) is 5.75 Å². The van der Waals surface area contributed by atoms with Crippen molar-refractivity contribution in [2.75, 3.05) is 31.6 Å². The molecule has 4 rings (SSSR count). The number of methoxy groups -OCH3 is 1. The number of benzene rings is 3. The van der Waals surface area contributed by atoms with Crippen molar-refractivity contribution in [3.05, 3.63) is 90.6 Å². The molecule has 11 heteroatoms. The van der Waals surface area contributed by atoms with E-state index in [4.69, 9.17) is 4.74 Å². The number of anilines is 1. The maximum atomic E-state index is 12.6. The van der Waals surface area contributed by atoms with E-state index in [2.05, 4.69) is 32.5 Å². The molecule has 0 fully saturated rings. The van der Waals surface area contributed by atoms with E-state index < -0.39 is 23.6 Å². The molecule has 1 heterocycles. The number of aryl methyl sites for hydroxylation is 1. The molecule has 1 aromatic heterocycles. The van der Waals surface area contributed by atoms with Crippen LogP contribution in [-0.2, 0) is 23.9 Å². The second kappa shape index (κ2) is 18.0. The van der Waals surface area contributed by atoms with E-state index in [-0.39, 0.29) is 38.4 Å². The van der Waals surface area contributed by atoms with Crippen molar-refractivity contribution in [3.63, 3.8) is 0 Å². The van der Waals surface area contributed by atoms with Crippen molar-refractivity contribution >= 4 is 40.5 Å². The van der Waals surface area contributed by atoms with Gasteiger partial charge in [0.2, 0.25) is 11.8 Å². The van der Waals surface area contributed by atoms with E-state index in [0.29, 0.717) is 18.0 Å². The zero-order valence-corrected chi connectivity index (χ0v) is 28.1. The second-order valence-corrected chi connectivity index (χ2v) is 11.9. The van der Waals surface area contributed by atoms with Gasteiger partial charge in [0.15, 0.2) is 0 Å². The third-order valence-corrected chi connectivity index (χ3v) is 6.89. The summed E-state index contributed by atoms with van der Waals surface area (Å²) in [5, 5.41) is 16.8. The predicted octanol–water partition coefficient (Wildman–Crippen LogP) is 5.92. The lowest BCUT2D eigenvalue weighted by Crippen LogP contribution is -2.39. The Balaban J connectivity index is 0.000000305. The number of pyridine rings is 1. The first-order valence-electron chi connectivity index (χ1n) is 15.7. The third kappa shape index (κ3) is 12.1. The highest BCUT2D eigenvalue weighted by Crippen LogP contribution is 2.33. The molecule has 3 N–H and O–H groups in total. The summed E-state index contributed by atoms with van der Waals surface area (Å²) in [7, 11) is 1.27. The highest BCUT2D eigenvalue weighted by Gasteiger charge is 2.24. The van der Waals surface area contributed by atoms with Gasteiger partial charge < -0.3 is 25.2 Å². The number of fused-ring (bicyclic) bond motifs is 1. The van der Waals surface area contributed by atoms with E-state index in [1.54, 1.807) is 39.1 Å². The molecular weight excluding hydrogens is 612 g/mol. The number of esters is 1. The molecule has 0 radical (unpaired) electrons. The van der Waals surface area contributed by atoms with E-state index in [1.165, 1.54) is 17.6 Å². The number of carbonyl (C=O) groups is 4. The van der Waals surface area contributed by atoms with Gasteiger partial charge >= 0.3 is 12.1 Å². The Morgan fingerprint density at radius 1 is 0.854 bits per heavy atom. The first kappa shape index (κ1) is 37.0. The van der Waals surface area contributed by atoms with E-state index >= 15 is 0 Å². The molecule has 0 saturated heterocycles. The second-order valence-electron chi connectivity index (χ2n) is 11.9. The zero-order valence-electron chi connectivity index (χ0n) is 28.1. The normalized spacial score (nSPS) is 10.7. The average Bonchev–Trinajstić information content (AvgIpc) is 3.06. The van der Waals surface area contributed by atoms with Crippen molar-refractivity contribution < 1.29 is 33.8 Å². The van der Waals surface area contributed by atoms with Crippen LogP contribution >= 0.6 is 0 Å². The summed E-state index contributed by atoms with van der Waals surface area (Å²) in [6.45, 7) is 7.38. The Morgan fingerprint density at radius 3 is 2.21 bits per heavy atom. The fourth-order valence-electron chi connectivity index (χ4n) is 4.57. The lowest BCUT2D eigenvalue weighted by molar-refractivity contribution is -0.140. The molecule has 0 unspecified atom stereocenters. The van der Waals surface area contributed by atoms with Crippen LogP contribution in [0.4, 0.5) is 10.6 Å². The molecule has 3 amide bonds. The molecular formula is C37H44N4O7. The van der Waals surface area contributed by atoms with E-state index in [0.717, 1.165) is 21.9 Å². The van der Waals surface area contributed by atoms with Crippen LogP contribution in [0.1, 0.15) is 45.6 Å². The van der Waals surface area contributed by atoms with Crippen LogP contribution in [0.3, 0.4) is 0 Å². The number of carbonyl (C=O) groups excluding carboxylic acids is 4. The van der Waals surface area contributed by atoms with Crippen LogP contribution in [0.25, 0.3) is 21.9 Å². The van der Waals surface area contributed by atoms with Crippen LogP contribution in [0.2, 0.25) is 0 Å². The Hall–Kier alpha value is -5.45. The van der Waals surface area contributed by atoms with Crippen molar-refractivity contribution in [1.82, 2.24) is 15.6 Å². The highest BCUT2D eigenvalue weighted by atomic mass is 16.6. The molecule has 0 saturated carbocycles. The van der Waals surface area contributed by atoms with Gasteiger partial charge in [-0.3, -0.25) is 19.3 Å². The largest absolute Gasteiger partial charge is 0.507 e. The molecule has 0 bridgehead atoms. The van der Waals surface area contributed by atoms with Crippen molar-refractivity contribution in [2.45, 2.75) is 52.6 Å². The van der Waals surface area contributed by atoms with Crippen LogP contribution < -0.4 is 15.5 Å². The monoisotopic (exact) mass is 656 g/mol.